The summed E-state index contributed by atoms with van der Waals surface area (Å²) < 4.78 is 0. The van der Waals surface area contributed by atoms with Crippen LogP contribution in [0.3, 0.4) is 0 Å². The molecule has 1 aliphatic rings. The van der Waals surface area contributed by atoms with E-state index in [1.165, 1.54) is 15.8 Å². The van der Waals surface area contributed by atoms with Gasteiger partial charge in [0.1, 0.15) is 17.0 Å². The molecule has 30 heavy (non-hydrogen) atoms. The largest absolute Gasteiger partial charge is 0.378 e. The Balaban J connectivity index is 1.37. The molecule has 1 amide bonds. The van der Waals surface area contributed by atoms with Crippen LogP contribution < -0.4 is 15.1 Å². The van der Waals surface area contributed by atoms with E-state index < -0.39 is 0 Å². The van der Waals surface area contributed by atoms with E-state index in [2.05, 4.69) is 57.1 Å². The molecule has 1 aromatic carbocycles. The molecule has 0 atom stereocenters. The summed E-state index contributed by atoms with van der Waals surface area (Å²) in [5.41, 5.74) is 3.54. The number of nitrogens with one attached hydrogen (secondary N) is 1. The molecule has 6 nitrogen and oxygen atoms in total. The van der Waals surface area contributed by atoms with Crippen LogP contribution in [0.1, 0.15) is 28.8 Å². The molecule has 0 bridgehead atoms. The van der Waals surface area contributed by atoms with Gasteiger partial charge in [-0.3, -0.25) is 4.79 Å². The van der Waals surface area contributed by atoms with Crippen molar-refractivity contribution < 1.29 is 4.79 Å². The third kappa shape index (κ3) is 4.12. The number of hydrogen-bond acceptors (Lipinski definition) is 6. The van der Waals surface area contributed by atoms with Gasteiger partial charge in [0, 0.05) is 50.2 Å². The first-order valence-corrected chi connectivity index (χ1v) is 11.3. The van der Waals surface area contributed by atoms with E-state index in [4.69, 9.17) is 0 Å². The van der Waals surface area contributed by atoms with Crippen molar-refractivity contribution in [1.29, 1.82) is 0 Å². The number of aryl methyl sites for hydroxylation is 2. The number of piperidine rings is 1. The number of thiophene rings is 1. The minimum Gasteiger partial charge on any atom is -0.378 e. The van der Waals surface area contributed by atoms with Crippen molar-refractivity contribution >= 4 is 39.0 Å². The summed E-state index contributed by atoms with van der Waals surface area (Å²) in [5.74, 6) is 1.22. The van der Waals surface area contributed by atoms with E-state index in [0.717, 1.165) is 47.8 Å². The number of carbonyl (C=O) groups excluding carboxylic acids is 1. The fourth-order valence-electron chi connectivity index (χ4n) is 4.04. The Hall–Kier alpha value is -2.67. The molecule has 0 aliphatic carbocycles. The lowest BCUT2D eigenvalue weighted by Crippen LogP contribution is -2.40. The maximum atomic E-state index is 12.7. The molecular formula is C23H29N5OS. The summed E-state index contributed by atoms with van der Waals surface area (Å²) in [5, 5.41) is 4.30. The van der Waals surface area contributed by atoms with Crippen LogP contribution in [0, 0.1) is 19.8 Å². The molecule has 0 unspecified atom stereocenters. The number of benzene rings is 1. The quantitative estimate of drug-likeness (QED) is 0.674. The van der Waals surface area contributed by atoms with Gasteiger partial charge in [0.05, 0.1) is 5.39 Å². The Morgan fingerprint density at radius 3 is 2.73 bits per heavy atom. The van der Waals surface area contributed by atoms with Gasteiger partial charge < -0.3 is 15.1 Å². The van der Waals surface area contributed by atoms with Crippen LogP contribution in [-0.4, -0.2) is 43.1 Å². The lowest BCUT2D eigenvalue weighted by atomic mass is 9.95. The predicted octanol–water partition coefficient (Wildman–Crippen LogP) is 3.91. The molecule has 3 aromatic rings. The minimum atomic E-state index is 0.0564. The van der Waals surface area contributed by atoms with E-state index in [0.29, 0.717) is 6.54 Å². The van der Waals surface area contributed by atoms with Crippen molar-refractivity contribution in [1.82, 2.24) is 15.3 Å². The zero-order chi connectivity index (χ0) is 21.3. The van der Waals surface area contributed by atoms with E-state index in [1.807, 2.05) is 20.2 Å². The number of nitrogens with zero attached hydrogens (tertiary/aromatic N) is 4. The summed E-state index contributed by atoms with van der Waals surface area (Å²) >= 11 is 1.72. The number of aromatic nitrogens is 2. The van der Waals surface area contributed by atoms with Gasteiger partial charge in [-0.1, -0.05) is 12.1 Å². The second kappa shape index (κ2) is 8.60. The maximum Gasteiger partial charge on any atom is 0.223 e. The highest BCUT2D eigenvalue weighted by Crippen LogP contribution is 2.35. The zero-order valence-corrected chi connectivity index (χ0v) is 18.9. The molecule has 7 heteroatoms. The number of amides is 1. The highest BCUT2D eigenvalue weighted by atomic mass is 32.1. The molecule has 1 saturated heterocycles. The van der Waals surface area contributed by atoms with Gasteiger partial charge in [0.2, 0.25) is 5.91 Å². The van der Waals surface area contributed by atoms with E-state index >= 15 is 0 Å². The fourth-order valence-corrected chi connectivity index (χ4v) is 5.03. The van der Waals surface area contributed by atoms with Gasteiger partial charge >= 0.3 is 0 Å². The van der Waals surface area contributed by atoms with Crippen LogP contribution in [0.2, 0.25) is 0 Å². The van der Waals surface area contributed by atoms with Crippen LogP contribution in [-0.2, 0) is 11.3 Å². The molecule has 1 aliphatic heterocycles. The first-order chi connectivity index (χ1) is 14.4. The van der Waals surface area contributed by atoms with Crippen molar-refractivity contribution in [3.05, 3.63) is 46.6 Å². The molecule has 158 valence electrons. The fraction of sp³-hybridized carbons (Fsp3) is 0.435. The molecule has 2 aromatic heterocycles. The zero-order valence-electron chi connectivity index (χ0n) is 18.1. The molecule has 0 saturated carbocycles. The second-order valence-corrected chi connectivity index (χ2v) is 9.41. The van der Waals surface area contributed by atoms with Gasteiger partial charge in [-0.25, -0.2) is 9.97 Å². The number of fused-ring (bicyclic) bond motifs is 1. The molecular weight excluding hydrogens is 394 g/mol. The average molecular weight is 424 g/mol. The third-order valence-electron chi connectivity index (χ3n) is 6.00. The number of rotatable bonds is 5. The summed E-state index contributed by atoms with van der Waals surface area (Å²) in [6.07, 6.45) is 3.35. The molecule has 0 spiro atoms. The number of anilines is 2. The van der Waals surface area contributed by atoms with Gasteiger partial charge in [-0.15, -0.1) is 11.3 Å². The highest BCUT2D eigenvalue weighted by molar-refractivity contribution is 7.18. The van der Waals surface area contributed by atoms with Crippen molar-refractivity contribution in [2.24, 2.45) is 5.92 Å². The summed E-state index contributed by atoms with van der Waals surface area (Å²) in [4.78, 5) is 28.5. The maximum absolute atomic E-state index is 12.7. The van der Waals surface area contributed by atoms with Crippen molar-refractivity contribution in [3.63, 3.8) is 0 Å². The first kappa shape index (κ1) is 20.6. The normalized spacial score (nSPS) is 14.9. The first-order valence-electron chi connectivity index (χ1n) is 10.4. The molecule has 1 fully saturated rings. The van der Waals surface area contributed by atoms with Crippen LogP contribution in [0.15, 0.2) is 30.6 Å². The van der Waals surface area contributed by atoms with Crippen molar-refractivity contribution in [2.45, 2.75) is 33.2 Å². The van der Waals surface area contributed by atoms with Crippen LogP contribution in [0.5, 0.6) is 0 Å². The summed E-state index contributed by atoms with van der Waals surface area (Å²) in [6, 6.07) is 8.28. The SMILES string of the molecule is Cc1sc2ncnc(N3CCC(C(=O)NCc4cccc(N(C)C)c4)CC3)c2c1C. The van der Waals surface area contributed by atoms with Crippen LogP contribution >= 0.6 is 11.3 Å². The smallest absolute Gasteiger partial charge is 0.223 e. The van der Waals surface area contributed by atoms with Crippen LogP contribution in [0.25, 0.3) is 10.2 Å². The van der Waals surface area contributed by atoms with Crippen molar-refractivity contribution in [2.75, 3.05) is 37.0 Å². The van der Waals surface area contributed by atoms with E-state index in [-0.39, 0.29) is 11.8 Å². The average Bonchev–Trinajstić information content (AvgIpc) is 3.06. The topological polar surface area (TPSA) is 61.4 Å². The Morgan fingerprint density at radius 1 is 1.23 bits per heavy atom. The lowest BCUT2D eigenvalue weighted by molar-refractivity contribution is -0.125. The molecule has 4 rings (SSSR count). The van der Waals surface area contributed by atoms with E-state index in [9.17, 15) is 4.79 Å². The van der Waals surface area contributed by atoms with Crippen LogP contribution in [0.4, 0.5) is 11.5 Å². The monoisotopic (exact) mass is 423 g/mol. The predicted molar refractivity (Wildman–Crippen MR) is 124 cm³/mol. The molecule has 3 heterocycles. The van der Waals surface area contributed by atoms with Gasteiger partial charge in [-0.05, 0) is 49.9 Å². The molecule has 1 N–H and O–H groups in total. The Bertz CT molecular complexity index is 1050. The minimum absolute atomic E-state index is 0.0564. The Morgan fingerprint density at radius 2 is 2.00 bits per heavy atom. The highest BCUT2D eigenvalue weighted by Gasteiger charge is 2.27. The Kier molecular flexibility index (Phi) is 5.90. The lowest BCUT2D eigenvalue weighted by Gasteiger charge is -2.32. The van der Waals surface area contributed by atoms with Gasteiger partial charge in [0.15, 0.2) is 0 Å². The molecule has 0 radical (unpaired) electrons. The van der Waals surface area contributed by atoms with Gasteiger partial charge in [-0.2, -0.15) is 0 Å². The third-order valence-corrected chi connectivity index (χ3v) is 7.12. The van der Waals surface area contributed by atoms with Gasteiger partial charge in [0.25, 0.3) is 0 Å². The van der Waals surface area contributed by atoms with E-state index in [1.54, 1.807) is 17.7 Å². The number of carbonyl (C=O) groups is 1. The summed E-state index contributed by atoms with van der Waals surface area (Å²) in [6.45, 7) is 6.53. The Labute approximate surface area is 181 Å². The standard InChI is InChI=1S/C23H29N5OS/c1-15-16(2)30-23-20(15)21(25-14-26-23)28-10-8-18(9-11-28)22(29)24-13-17-6-5-7-19(12-17)27(3)4/h5-7,12,14,18H,8-11,13H2,1-4H3,(H,24,29). The second-order valence-electron chi connectivity index (χ2n) is 8.20. The number of hydrogen-bond donors (Lipinski definition) is 1. The summed E-state index contributed by atoms with van der Waals surface area (Å²) in [7, 11) is 4.05. The van der Waals surface area contributed by atoms with Crippen molar-refractivity contribution in [3.8, 4) is 0 Å².